The molecule has 190 valence electrons. The number of carbonyl (C=O) groups excluding carboxylic acids is 2. The van der Waals surface area contributed by atoms with E-state index in [0.29, 0.717) is 18.5 Å². The summed E-state index contributed by atoms with van der Waals surface area (Å²) in [6.45, 7) is 3.60. The van der Waals surface area contributed by atoms with Crippen LogP contribution in [0.3, 0.4) is 0 Å². The van der Waals surface area contributed by atoms with Gasteiger partial charge in [-0.3, -0.25) is 13.9 Å². The van der Waals surface area contributed by atoms with E-state index in [0.717, 1.165) is 11.1 Å². The molecule has 0 aromatic heterocycles. The molecule has 1 aliphatic heterocycles. The van der Waals surface area contributed by atoms with Gasteiger partial charge in [0.2, 0.25) is 21.8 Å². The summed E-state index contributed by atoms with van der Waals surface area (Å²) in [5.74, 6) is -0.896. The number of nitrogens with zero attached hydrogens (tertiary/aromatic N) is 1. The Morgan fingerprint density at radius 1 is 1.14 bits per heavy atom. The van der Waals surface area contributed by atoms with Crippen LogP contribution in [0.4, 0.5) is 5.69 Å². The van der Waals surface area contributed by atoms with Crippen molar-refractivity contribution in [3.05, 3.63) is 65.7 Å². The maximum absolute atomic E-state index is 12.9. The minimum Gasteiger partial charge on any atom is -0.374 e. The Labute approximate surface area is 207 Å². The molecular formula is C25H34N4O5S. The van der Waals surface area contributed by atoms with E-state index in [9.17, 15) is 18.0 Å². The van der Waals surface area contributed by atoms with Crippen LogP contribution in [0.5, 0.6) is 0 Å². The third-order valence-electron chi connectivity index (χ3n) is 5.75. The fourth-order valence-electron chi connectivity index (χ4n) is 3.98. The second-order valence-corrected chi connectivity index (χ2v) is 11.2. The number of sulfonamides is 1. The molecule has 9 nitrogen and oxygen atoms in total. The molecule has 0 spiro atoms. The van der Waals surface area contributed by atoms with E-state index in [1.54, 1.807) is 19.9 Å². The van der Waals surface area contributed by atoms with Crippen molar-refractivity contribution in [2.75, 3.05) is 23.7 Å². The van der Waals surface area contributed by atoms with Crippen LogP contribution in [0.1, 0.15) is 31.4 Å². The smallest absolute Gasteiger partial charge is 0.244 e. The predicted octanol–water partition coefficient (Wildman–Crippen LogP) is 1.32. The Balaban J connectivity index is 1.60. The summed E-state index contributed by atoms with van der Waals surface area (Å²) in [5.41, 5.74) is 7.30. The fraction of sp³-hybridized carbons (Fsp3) is 0.440. The zero-order valence-corrected chi connectivity index (χ0v) is 21.2. The van der Waals surface area contributed by atoms with Crippen LogP contribution < -0.4 is 20.7 Å². The highest BCUT2D eigenvalue weighted by Gasteiger charge is 2.35. The highest BCUT2D eigenvalue weighted by atomic mass is 32.2. The molecule has 2 aromatic rings. The fourth-order valence-corrected chi connectivity index (χ4v) is 5.24. The number of nitrogens with one attached hydrogen (secondary N) is 2. The summed E-state index contributed by atoms with van der Waals surface area (Å²) in [4.78, 5) is 25.4. The molecule has 0 saturated carbocycles. The number of amides is 2. The van der Waals surface area contributed by atoms with Crippen LogP contribution in [0.2, 0.25) is 0 Å². The van der Waals surface area contributed by atoms with Gasteiger partial charge in [-0.05, 0) is 43.9 Å². The third kappa shape index (κ3) is 7.27. The monoisotopic (exact) mass is 502 g/mol. The first kappa shape index (κ1) is 26.7. The van der Waals surface area contributed by atoms with Crippen molar-refractivity contribution >= 4 is 27.5 Å². The molecule has 10 heteroatoms. The highest BCUT2D eigenvalue weighted by molar-refractivity contribution is 7.92. The quantitative estimate of drug-likeness (QED) is 0.425. The Bertz CT molecular complexity index is 1130. The van der Waals surface area contributed by atoms with Crippen LogP contribution in [0, 0.1) is 0 Å². The van der Waals surface area contributed by atoms with E-state index in [1.165, 1.54) is 10.6 Å². The van der Waals surface area contributed by atoms with Crippen LogP contribution in [-0.4, -0.2) is 57.3 Å². The van der Waals surface area contributed by atoms with E-state index >= 15 is 0 Å². The Kier molecular flexibility index (Phi) is 8.52. The number of carbonyl (C=O) groups is 2. The maximum atomic E-state index is 12.9. The molecule has 2 aromatic carbocycles. The largest absolute Gasteiger partial charge is 0.374 e. The molecule has 0 saturated heterocycles. The summed E-state index contributed by atoms with van der Waals surface area (Å²) in [7, 11) is -3.47. The SMILES string of the molecule is CC(C)(N)C(=O)NC(COCc1ccccc1)C(=O)NCC[C@H]1Cc2ccccc2N1S(C)(=O)=O. The van der Waals surface area contributed by atoms with Crippen molar-refractivity contribution in [3.63, 3.8) is 0 Å². The number of fused-ring (bicyclic) bond motifs is 1. The molecule has 1 unspecified atom stereocenters. The second-order valence-electron chi connectivity index (χ2n) is 9.37. The number of hydrogen-bond donors (Lipinski definition) is 3. The van der Waals surface area contributed by atoms with Gasteiger partial charge < -0.3 is 21.1 Å². The van der Waals surface area contributed by atoms with Gasteiger partial charge in [-0.25, -0.2) is 8.42 Å². The number of nitrogens with two attached hydrogens (primary N) is 1. The van der Waals surface area contributed by atoms with Gasteiger partial charge in [-0.15, -0.1) is 0 Å². The lowest BCUT2D eigenvalue weighted by molar-refractivity contribution is -0.132. The van der Waals surface area contributed by atoms with Crippen molar-refractivity contribution in [2.24, 2.45) is 5.73 Å². The molecule has 0 fully saturated rings. The summed E-state index contributed by atoms with van der Waals surface area (Å²) in [6, 6.07) is 15.6. The van der Waals surface area contributed by atoms with Gasteiger partial charge in [0.15, 0.2) is 0 Å². The summed E-state index contributed by atoms with van der Waals surface area (Å²) in [6.07, 6.45) is 2.17. The van der Waals surface area contributed by atoms with E-state index in [4.69, 9.17) is 10.5 Å². The molecule has 2 amide bonds. The van der Waals surface area contributed by atoms with Gasteiger partial charge in [0.1, 0.15) is 6.04 Å². The van der Waals surface area contributed by atoms with Crippen molar-refractivity contribution in [2.45, 2.75) is 50.9 Å². The van der Waals surface area contributed by atoms with Gasteiger partial charge in [0, 0.05) is 6.54 Å². The Morgan fingerprint density at radius 2 is 1.80 bits per heavy atom. The van der Waals surface area contributed by atoms with Crippen LogP contribution in [0.25, 0.3) is 0 Å². The molecular weight excluding hydrogens is 468 g/mol. The lowest BCUT2D eigenvalue weighted by Crippen LogP contribution is -2.57. The molecule has 0 bridgehead atoms. The van der Waals surface area contributed by atoms with Crippen molar-refractivity contribution in [1.29, 1.82) is 0 Å². The Hall–Kier alpha value is -2.95. The second kappa shape index (κ2) is 11.2. The van der Waals surface area contributed by atoms with E-state index in [1.807, 2.05) is 48.5 Å². The first-order valence-electron chi connectivity index (χ1n) is 11.5. The van der Waals surface area contributed by atoms with Crippen molar-refractivity contribution < 1.29 is 22.7 Å². The number of ether oxygens (including phenoxy) is 1. The zero-order chi connectivity index (χ0) is 25.6. The van der Waals surface area contributed by atoms with Crippen molar-refractivity contribution in [1.82, 2.24) is 10.6 Å². The average Bonchev–Trinajstić information content (AvgIpc) is 3.17. The molecule has 35 heavy (non-hydrogen) atoms. The molecule has 1 aliphatic rings. The van der Waals surface area contributed by atoms with Gasteiger partial charge in [-0.1, -0.05) is 48.5 Å². The normalized spacial score (nSPS) is 16.5. The van der Waals surface area contributed by atoms with E-state index < -0.39 is 33.4 Å². The number of anilines is 1. The first-order valence-corrected chi connectivity index (χ1v) is 13.4. The summed E-state index contributed by atoms with van der Waals surface area (Å²) in [5, 5.41) is 5.48. The van der Waals surface area contributed by atoms with E-state index in [-0.39, 0.29) is 25.8 Å². The van der Waals surface area contributed by atoms with Gasteiger partial charge >= 0.3 is 0 Å². The third-order valence-corrected chi connectivity index (χ3v) is 6.96. The standard InChI is InChI=1S/C25H34N4O5S/c1-25(2,26)24(31)28-21(17-34-16-18-9-5-4-6-10-18)23(30)27-14-13-20-15-19-11-7-8-12-22(19)29(20)35(3,32)33/h4-12,20-21H,13-17,26H2,1-3H3,(H,27,30)(H,28,31)/t20-,21?/m0/s1. The topological polar surface area (TPSA) is 131 Å². The molecule has 2 atom stereocenters. The van der Waals surface area contributed by atoms with E-state index in [2.05, 4.69) is 10.6 Å². The van der Waals surface area contributed by atoms with Crippen LogP contribution >= 0.6 is 0 Å². The minimum atomic E-state index is -3.47. The lowest BCUT2D eigenvalue weighted by atomic mass is 10.1. The highest BCUT2D eigenvalue weighted by Crippen LogP contribution is 2.35. The summed E-state index contributed by atoms with van der Waals surface area (Å²) >= 11 is 0. The molecule has 4 N–H and O–H groups in total. The minimum absolute atomic E-state index is 0.0348. The zero-order valence-electron chi connectivity index (χ0n) is 20.4. The molecule has 3 rings (SSSR count). The molecule has 0 aliphatic carbocycles. The van der Waals surface area contributed by atoms with Gasteiger partial charge in [0.25, 0.3) is 0 Å². The summed E-state index contributed by atoms with van der Waals surface area (Å²) < 4.78 is 32.0. The lowest BCUT2D eigenvalue weighted by Gasteiger charge is -2.26. The van der Waals surface area contributed by atoms with Gasteiger partial charge in [-0.2, -0.15) is 0 Å². The van der Waals surface area contributed by atoms with Crippen LogP contribution in [0.15, 0.2) is 54.6 Å². The first-order chi connectivity index (χ1) is 16.5. The predicted molar refractivity (Wildman–Crippen MR) is 135 cm³/mol. The molecule has 1 heterocycles. The number of rotatable bonds is 11. The average molecular weight is 503 g/mol. The molecule has 0 radical (unpaired) electrons. The number of benzene rings is 2. The number of para-hydroxylation sites is 1. The van der Waals surface area contributed by atoms with Crippen LogP contribution in [-0.2, 0) is 37.4 Å². The Morgan fingerprint density at radius 3 is 2.46 bits per heavy atom. The van der Waals surface area contributed by atoms with Gasteiger partial charge in [0.05, 0.1) is 36.7 Å². The van der Waals surface area contributed by atoms with Crippen molar-refractivity contribution in [3.8, 4) is 0 Å². The maximum Gasteiger partial charge on any atom is 0.244 e. The number of hydrogen-bond acceptors (Lipinski definition) is 6.